The fourth-order valence-corrected chi connectivity index (χ4v) is 0.915. The highest BCUT2D eigenvalue weighted by Gasteiger charge is 2.05. The minimum Gasteiger partial charge on any atom is -0.449 e. The van der Waals surface area contributed by atoms with Crippen LogP contribution < -0.4 is 0 Å². The number of carbonyl (C=O) groups is 2. The number of benzene rings is 1. The maximum Gasteiger partial charge on any atom is 0.513 e. The minimum absolute atomic E-state index is 0.0521. The highest BCUT2D eigenvalue weighted by Crippen LogP contribution is 2.11. The van der Waals surface area contributed by atoms with Crippen molar-refractivity contribution < 1.29 is 28.2 Å². The molecular weight excluding hydrogens is 222 g/mol. The Labute approximate surface area is 88.8 Å². The van der Waals surface area contributed by atoms with Crippen molar-refractivity contribution in [3.8, 4) is 0 Å². The molecule has 0 spiro atoms. The Morgan fingerprint density at radius 1 is 1.31 bits per heavy atom. The Morgan fingerprint density at radius 2 is 2.00 bits per heavy atom. The summed E-state index contributed by atoms with van der Waals surface area (Å²) in [6, 6.07) is 2.75. The van der Waals surface area contributed by atoms with Gasteiger partial charge in [0.1, 0.15) is 11.6 Å². The Hall–Kier alpha value is -2.24. The number of esters is 1. The number of carbonyl (C=O) groups excluding carboxylic acids is 1. The molecule has 0 unspecified atom stereocenters. The molecule has 1 aromatic rings. The molecule has 0 radical (unpaired) electrons. The third-order valence-corrected chi connectivity index (χ3v) is 1.55. The topological polar surface area (TPSA) is 63.6 Å². The van der Waals surface area contributed by atoms with Gasteiger partial charge in [-0.05, 0) is 18.2 Å². The van der Waals surface area contributed by atoms with E-state index in [1.165, 1.54) is 0 Å². The van der Waals surface area contributed by atoms with Crippen LogP contribution in [0.3, 0.4) is 0 Å². The van der Waals surface area contributed by atoms with E-state index >= 15 is 0 Å². The maximum absolute atomic E-state index is 13.0. The normalized spacial score (nSPS) is 10.4. The largest absolute Gasteiger partial charge is 0.513 e. The molecule has 0 saturated carbocycles. The molecule has 0 bridgehead atoms. The molecule has 0 aliphatic rings. The second-order valence-corrected chi connectivity index (χ2v) is 2.69. The average molecular weight is 228 g/mol. The van der Waals surface area contributed by atoms with Crippen LogP contribution in [0.25, 0.3) is 6.08 Å². The third kappa shape index (κ3) is 3.49. The molecule has 84 valence electrons. The van der Waals surface area contributed by atoms with Gasteiger partial charge in [-0.25, -0.2) is 18.4 Å². The van der Waals surface area contributed by atoms with Gasteiger partial charge in [0.05, 0.1) is 0 Å². The predicted molar refractivity (Wildman–Crippen MR) is 49.5 cm³/mol. The van der Waals surface area contributed by atoms with Crippen LogP contribution in [0.1, 0.15) is 5.56 Å². The van der Waals surface area contributed by atoms with Gasteiger partial charge in [-0.15, -0.1) is 0 Å². The predicted octanol–water partition coefficient (Wildman–Crippen LogP) is 2.20. The first-order chi connectivity index (χ1) is 7.49. The summed E-state index contributed by atoms with van der Waals surface area (Å²) in [5.41, 5.74) is -0.0521. The molecule has 1 N–H and O–H groups in total. The van der Waals surface area contributed by atoms with E-state index in [2.05, 4.69) is 4.74 Å². The first-order valence-corrected chi connectivity index (χ1v) is 4.07. The van der Waals surface area contributed by atoms with Gasteiger partial charge in [-0.3, -0.25) is 0 Å². The molecule has 0 aromatic heterocycles. The van der Waals surface area contributed by atoms with Crippen LogP contribution in [0.4, 0.5) is 13.6 Å². The Morgan fingerprint density at radius 3 is 2.56 bits per heavy atom. The zero-order chi connectivity index (χ0) is 12.1. The zero-order valence-electron chi connectivity index (χ0n) is 7.81. The Balaban J connectivity index is 2.76. The van der Waals surface area contributed by atoms with Gasteiger partial charge < -0.3 is 9.84 Å². The molecule has 0 fully saturated rings. The van der Waals surface area contributed by atoms with Gasteiger partial charge in [0.15, 0.2) is 0 Å². The Kier molecular flexibility index (Phi) is 3.71. The fraction of sp³-hybridized carbons (Fsp3) is 0. The lowest BCUT2D eigenvalue weighted by Crippen LogP contribution is -2.06. The molecule has 0 saturated heterocycles. The van der Waals surface area contributed by atoms with E-state index in [0.29, 0.717) is 6.07 Å². The first kappa shape index (κ1) is 11.8. The summed E-state index contributed by atoms with van der Waals surface area (Å²) in [5.74, 6) is -2.77. The van der Waals surface area contributed by atoms with Crippen LogP contribution >= 0.6 is 0 Å². The quantitative estimate of drug-likeness (QED) is 0.478. The molecule has 0 aliphatic heterocycles. The van der Waals surface area contributed by atoms with Crippen molar-refractivity contribution in [2.75, 3.05) is 0 Å². The van der Waals surface area contributed by atoms with E-state index in [1.807, 2.05) is 0 Å². The molecule has 1 aromatic carbocycles. The van der Waals surface area contributed by atoms with E-state index in [1.54, 1.807) is 0 Å². The highest BCUT2D eigenvalue weighted by atomic mass is 19.1. The lowest BCUT2D eigenvalue weighted by Gasteiger charge is -1.96. The van der Waals surface area contributed by atoms with Crippen molar-refractivity contribution in [1.29, 1.82) is 0 Å². The summed E-state index contributed by atoms with van der Waals surface area (Å²) in [5, 5.41) is 8.07. The molecule has 1 rings (SSSR count). The summed E-state index contributed by atoms with van der Waals surface area (Å²) in [6.45, 7) is 0. The number of ether oxygens (including phenoxy) is 1. The van der Waals surface area contributed by atoms with E-state index in [0.717, 1.165) is 24.3 Å². The second-order valence-electron chi connectivity index (χ2n) is 2.69. The summed E-state index contributed by atoms with van der Waals surface area (Å²) in [7, 11) is 0. The van der Waals surface area contributed by atoms with Crippen molar-refractivity contribution >= 4 is 18.2 Å². The monoisotopic (exact) mass is 228 g/mol. The molecule has 0 amide bonds. The van der Waals surface area contributed by atoms with E-state index in [-0.39, 0.29) is 5.56 Å². The summed E-state index contributed by atoms with van der Waals surface area (Å²) >= 11 is 0. The van der Waals surface area contributed by atoms with Crippen LogP contribution in [-0.2, 0) is 9.53 Å². The smallest absolute Gasteiger partial charge is 0.449 e. The number of halogens is 2. The minimum atomic E-state index is -1.76. The van der Waals surface area contributed by atoms with Gasteiger partial charge in [0, 0.05) is 17.7 Å². The van der Waals surface area contributed by atoms with E-state index in [9.17, 15) is 18.4 Å². The van der Waals surface area contributed by atoms with E-state index in [4.69, 9.17) is 5.11 Å². The van der Waals surface area contributed by atoms with Gasteiger partial charge in [0.2, 0.25) is 0 Å². The van der Waals surface area contributed by atoms with Crippen molar-refractivity contribution in [2.24, 2.45) is 0 Å². The SMILES string of the molecule is O=C(O)OC(=O)/C=C/c1ccc(F)cc1F. The van der Waals surface area contributed by atoms with Crippen molar-refractivity contribution in [2.45, 2.75) is 0 Å². The first-order valence-electron chi connectivity index (χ1n) is 4.07. The number of carboxylic acid groups (broad SMARTS) is 1. The molecule has 0 aliphatic carbocycles. The molecule has 0 atom stereocenters. The molecular formula is C10H6F2O4. The van der Waals surface area contributed by atoms with Crippen LogP contribution in [-0.4, -0.2) is 17.2 Å². The van der Waals surface area contributed by atoms with Crippen LogP contribution in [0.2, 0.25) is 0 Å². The van der Waals surface area contributed by atoms with Gasteiger partial charge >= 0.3 is 12.1 Å². The highest BCUT2D eigenvalue weighted by molar-refractivity contribution is 5.92. The lowest BCUT2D eigenvalue weighted by molar-refractivity contribution is -0.133. The second kappa shape index (κ2) is 5.01. The van der Waals surface area contributed by atoms with E-state index < -0.39 is 23.8 Å². The summed E-state index contributed by atoms with van der Waals surface area (Å²) in [6.07, 6.45) is -0.0426. The fourth-order valence-electron chi connectivity index (χ4n) is 0.915. The molecule has 6 heteroatoms. The Bertz CT molecular complexity index is 454. The molecule has 0 heterocycles. The number of hydrogen-bond donors (Lipinski definition) is 1. The molecule has 4 nitrogen and oxygen atoms in total. The zero-order valence-corrected chi connectivity index (χ0v) is 7.81. The van der Waals surface area contributed by atoms with Crippen molar-refractivity contribution in [3.05, 3.63) is 41.5 Å². The van der Waals surface area contributed by atoms with Crippen LogP contribution in [0.15, 0.2) is 24.3 Å². The van der Waals surface area contributed by atoms with Crippen molar-refractivity contribution in [3.63, 3.8) is 0 Å². The molecule has 16 heavy (non-hydrogen) atoms. The summed E-state index contributed by atoms with van der Waals surface area (Å²) in [4.78, 5) is 20.7. The van der Waals surface area contributed by atoms with Gasteiger partial charge in [-0.1, -0.05) is 0 Å². The van der Waals surface area contributed by atoms with Crippen LogP contribution in [0.5, 0.6) is 0 Å². The van der Waals surface area contributed by atoms with Crippen LogP contribution in [0, 0.1) is 11.6 Å². The standard InChI is InChI=1S/C10H6F2O4/c11-7-3-1-6(8(12)5-7)2-4-9(13)16-10(14)15/h1-5H,(H,14,15)/b4-2+. The lowest BCUT2D eigenvalue weighted by atomic mass is 10.2. The van der Waals surface area contributed by atoms with Crippen molar-refractivity contribution in [1.82, 2.24) is 0 Å². The van der Waals surface area contributed by atoms with Gasteiger partial charge in [-0.2, -0.15) is 0 Å². The summed E-state index contributed by atoms with van der Waals surface area (Å²) < 4.78 is 29.2. The van der Waals surface area contributed by atoms with Gasteiger partial charge in [0.25, 0.3) is 0 Å². The number of rotatable bonds is 2. The maximum atomic E-state index is 13.0. The average Bonchev–Trinajstić information content (AvgIpc) is 2.15. The third-order valence-electron chi connectivity index (χ3n) is 1.55. The number of hydrogen-bond acceptors (Lipinski definition) is 3.